The Morgan fingerprint density at radius 3 is 2.33 bits per heavy atom. The molecule has 0 radical (unpaired) electrons. The van der Waals surface area contributed by atoms with E-state index < -0.39 is 27.9 Å². The lowest BCUT2D eigenvalue weighted by molar-refractivity contribution is -0.144. The number of methoxy groups -OCH3 is 1. The molecule has 1 aliphatic heterocycles. The lowest BCUT2D eigenvalue weighted by Crippen LogP contribution is -2.45. The topological polar surface area (TPSA) is 102 Å². The maximum atomic E-state index is 12.6. The Kier molecular flexibility index (Phi) is 7.34. The number of morpholine rings is 1. The lowest BCUT2D eigenvalue weighted by Gasteiger charge is -2.26. The fourth-order valence-corrected chi connectivity index (χ4v) is 4.14. The van der Waals surface area contributed by atoms with Gasteiger partial charge in [0.15, 0.2) is 0 Å². The SMILES string of the molecule is CC[C@H](C)[C@@H](NC(=O)c1ccc(S(=O)(=O)N2CCOCC2)cc1)C(=O)OC. The average molecular weight is 398 g/mol. The molecule has 2 atom stereocenters. The van der Waals surface area contributed by atoms with Gasteiger partial charge in [0, 0.05) is 18.7 Å². The molecule has 0 bridgehead atoms. The Morgan fingerprint density at radius 1 is 1.22 bits per heavy atom. The van der Waals surface area contributed by atoms with Gasteiger partial charge in [0.2, 0.25) is 10.0 Å². The number of ether oxygens (including phenoxy) is 2. The molecule has 2 rings (SSSR count). The molecule has 0 spiro atoms. The first-order chi connectivity index (χ1) is 12.8. The van der Waals surface area contributed by atoms with Crippen molar-refractivity contribution in [3.63, 3.8) is 0 Å². The second-order valence-corrected chi connectivity index (χ2v) is 8.34. The molecule has 1 saturated heterocycles. The van der Waals surface area contributed by atoms with E-state index in [0.717, 1.165) is 0 Å². The first kappa shape index (κ1) is 21.3. The van der Waals surface area contributed by atoms with Crippen molar-refractivity contribution in [3.05, 3.63) is 29.8 Å². The number of hydrogen-bond donors (Lipinski definition) is 1. The van der Waals surface area contributed by atoms with Gasteiger partial charge in [-0.3, -0.25) is 4.79 Å². The minimum atomic E-state index is -3.61. The van der Waals surface area contributed by atoms with Crippen molar-refractivity contribution < 1.29 is 27.5 Å². The number of carbonyl (C=O) groups is 2. The van der Waals surface area contributed by atoms with Gasteiger partial charge in [-0.05, 0) is 30.2 Å². The highest BCUT2D eigenvalue weighted by atomic mass is 32.2. The van der Waals surface area contributed by atoms with Gasteiger partial charge in [-0.15, -0.1) is 0 Å². The zero-order valence-corrected chi connectivity index (χ0v) is 16.6. The van der Waals surface area contributed by atoms with E-state index in [9.17, 15) is 18.0 Å². The summed E-state index contributed by atoms with van der Waals surface area (Å²) >= 11 is 0. The molecule has 1 amide bonds. The van der Waals surface area contributed by atoms with Crippen LogP contribution in [0, 0.1) is 5.92 Å². The van der Waals surface area contributed by atoms with Gasteiger partial charge in [0.05, 0.1) is 25.2 Å². The number of benzene rings is 1. The Hall–Kier alpha value is -1.97. The normalized spacial score (nSPS) is 17.7. The predicted octanol–water partition coefficient (Wildman–Crippen LogP) is 1.02. The van der Waals surface area contributed by atoms with Gasteiger partial charge < -0.3 is 14.8 Å². The third kappa shape index (κ3) is 5.06. The third-order valence-corrected chi connectivity index (χ3v) is 6.59. The van der Waals surface area contributed by atoms with Crippen LogP contribution in [0.3, 0.4) is 0 Å². The van der Waals surface area contributed by atoms with Crippen molar-refractivity contribution >= 4 is 21.9 Å². The van der Waals surface area contributed by atoms with Gasteiger partial charge >= 0.3 is 5.97 Å². The number of rotatable bonds is 7. The molecular formula is C18H26N2O6S. The summed E-state index contributed by atoms with van der Waals surface area (Å²) in [7, 11) is -2.34. The van der Waals surface area contributed by atoms with E-state index in [2.05, 4.69) is 5.32 Å². The molecule has 27 heavy (non-hydrogen) atoms. The van der Waals surface area contributed by atoms with Crippen molar-refractivity contribution in [2.24, 2.45) is 5.92 Å². The van der Waals surface area contributed by atoms with Gasteiger partial charge in [0.25, 0.3) is 5.91 Å². The van der Waals surface area contributed by atoms with Crippen molar-refractivity contribution in [1.82, 2.24) is 9.62 Å². The fraction of sp³-hybridized carbons (Fsp3) is 0.556. The molecule has 8 nitrogen and oxygen atoms in total. The fourth-order valence-electron chi connectivity index (χ4n) is 2.74. The van der Waals surface area contributed by atoms with Crippen molar-refractivity contribution in [2.75, 3.05) is 33.4 Å². The first-order valence-corrected chi connectivity index (χ1v) is 10.3. The quantitative estimate of drug-likeness (QED) is 0.688. The molecule has 0 saturated carbocycles. The van der Waals surface area contributed by atoms with Crippen LogP contribution in [0.4, 0.5) is 0 Å². The number of amides is 1. The Balaban J connectivity index is 2.13. The zero-order valence-electron chi connectivity index (χ0n) is 15.8. The molecule has 1 heterocycles. The number of nitrogens with one attached hydrogen (secondary N) is 1. The predicted molar refractivity (Wildman–Crippen MR) is 98.7 cm³/mol. The summed E-state index contributed by atoms with van der Waals surface area (Å²) in [6.45, 7) is 5.10. The Bertz CT molecular complexity index is 757. The summed E-state index contributed by atoms with van der Waals surface area (Å²) in [6.07, 6.45) is 0.691. The minimum absolute atomic E-state index is 0.0950. The standard InChI is InChI=1S/C18H26N2O6S/c1-4-13(2)16(18(22)25-3)19-17(21)14-5-7-15(8-6-14)27(23,24)20-9-11-26-12-10-20/h5-8,13,16H,4,9-12H2,1-3H3,(H,19,21)/t13-,16+/m0/s1. The smallest absolute Gasteiger partial charge is 0.328 e. The summed E-state index contributed by atoms with van der Waals surface area (Å²) in [5.41, 5.74) is 0.271. The number of nitrogens with zero attached hydrogens (tertiary/aromatic N) is 1. The largest absolute Gasteiger partial charge is 0.467 e. The van der Waals surface area contributed by atoms with Crippen LogP contribution in [0.5, 0.6) is 0 Å². The van der Waals surface area contributed by atoms with Crippen LogP contribution in [0.25, 0.3) is 0 Å². The van der Waals surface area contributed by atoms with E-state index in [1.807, 2.05) is 13.8 Å². The summed E-state index contributed by atoms with van der Waals surface area (Å²) in [5.74, 6) is -1.06. The van der Waals surface area contributed by atoms with Gasteiger partial charge in [-0.1, -0.05) is 20.3 Å². The van der Waals surface area contributed by atoms with E-state index in [0.29, 0.717) is 32.7 Å². The van der Waals surface area contributed by atoms with Crippen molar-refractivity contribution in [1.29, 1.82) is 0 Å². The second kappa shape index (κ2) is 9.29. The van der Waals surface area contributed by atoms with Gasteiger partial charge in [-0.2, -0.15) is 4.31 Å². The molecule has 1 aliphatic rings. The van der Waals surface area contributed by atoms with E-state index in [1.165, 1.54) is 35.7 Å². The summed E-state index contributed by atoms with van der Waals surface area (Å²) in [4.78, 5) is 24.5. The van der Waals surface area contributed by atoms with Crippen LogP contribution in [0.1, 0.15) is 30.6 Å². The highest BCUT2D eigenvalue weighted by molar-refractivity contribution is 7.89. The lowest BCUT2D eigenvalue weighted by atomic mass is 9.99. The maximum Gasteiger partial charge on any atom is 0.328 e. The van der Waals surface area contributed by atoms with Crippen LogP contribution in [-0.4, -0.2) is 64.1 Å². The van der Waals surface area contributed by atoms with Crippen LogP contribution in [0.2, 0.25) is 0 Å². The molecule has 1 aromatic rings. The summed E-state index contributed by atoms with van der Waals surface area (Å²) < 4.78 is 36.5. The van der Waals surface area contributed by atoms with Crippen LogP contribution in [0.15, 0.2) is 29.2 Å². The summed E-state index contributed by atoms with van der Waals surface area (Å²) in [5, 5.41) is 2.67. The van der Waals surface area contributed by atoms with E-state index >= 15 is 0 Å². The Morgan fingerprint density at radius 2 is 1.81 bits per heavy atom. The molecule has 0 aliphatic carbocycles. The number of sulfonamides is 1. The van der Waals surface area contributed by atoms with E-state index in [1.54, 1.807) is 0 Å². The molecule has 150 valence electrons. The van der Waals surface area contributed by atoms with Crippen LogP contribution >= 0.6 is 0 Å². The first-order valence-electron chi connectivity index (χ1n) is 8.88. The van der Waals surface area contributed by atoms with Crippen molar-refractivity contribution in [3.8, 4) is 0 Å². The second-order valence-electron chi connectivity index (χ2n) is 6.40. The summed E-state index contributed by atoms with van der Waals surface area (Å²) in [6, 6.07) is 4.91. The van der Waals surface area contributed by atoms with Crippen LogP contribution < -0.4 is 5.32 Å². The monoisotopic (exact) mass is 398 g/mol. The molecule has 0 unspecified atom stereocenters. The zero-order chi connectivity index (χ0) is 20.0. The van der Waals surface area contributed by atoms with Gasteiger partial charge in [-0.25, -0.2) is 13.2 Å². The molecule has 0 aromatic heterocycles. The number of esters is 1. The third-order valence-electron chi connectivity index (χ3n) is 4.68. The average Bonchev–Trinajstić information content (AvgIpc) is 2.71. The maximum absolute atomic E-state index is 12.6. The molecule has 9 heteroatoms. The Labute approximate surface area is 159 Å². The van der Waals surface area contributed by atoms with Crippen LogP contribution in [-0.2, 0) is 24.3 Å². The highest BCUT2D eigenvalue weighted by Gasteiger charge is 2.28. The molecule has 1 aromatic carbocycles. The highest BCUT2D eigenvalue weighted by Crippen LogP contribution is 2.18. The molecular weight excluding hydrogens is 372 g/mol. The minimum Gasteiger partial charge on any atom is -0.467 e. The van der Waals surface area contributed by atoms with E-state index in [4.69, 9.17) is 9.47 Å². The molecule has 1 N–H and O–H groups in total. The number of hydrogen-bond acceptors (Lipinski definition) is 6. The van der Waals surface area contributed by atoms with E-state index in [-0.39, 0.29) is 16.4 Å². The van der Waals surface area contributed by atoms with Crippen molar-refractivity contribution in [2.45, 2.75) is 31.2 Å². The molecule has 1 fully saturated rings. The van der Waals surface area contributed by atoms with Gasteiger partial charge in [0.1, 0.15) is 6.04 Å². The number of carbonyl (C=O) groups excluding carboxylic acids is 2.